The summed E-state index contributed by atoms with van der Waals surface area (Å²) in [6.45, 7) is 5.99. The summed E-state index contributed by atoms with van der Waals surface area (Å²) in [6.07, 6.45) is -8.08. The zero-order chi connectivity index (χ0) is 36.6. The Morgan fingerprint density at radius 3 is 2.18 bits per heavy atom. The molecule has 1 saturated heterocycles. The van der Waals surface area contributed by atoms with Crippen molar-refractivity contribution in [2.45, 2.75) is 77.4 Å². The molecule has 0 saturated carbocycles. The molecular formula is C29H38ClFN5O13P. The molecule has 0 aliphatic carbocycles. The minimum absolute atomic E-state index is 0.153. The highest BCUT2D eigenvalue weighted by Crippen LogP contribution is 2.48. The van der Waals surface area contributed by atoms with Crippen LogP contribution in [0.3, 0.4) is 0 Å². The number of fused-ring (bicyclic) bond motifs is 1. The Hall–Kier alpha value is -3.68. The first-order chi connectivity index (χ1) is 23.7. The number of anilines is 1. The van der Waals surface area contributed by atoms with Crippen LogP contribution in [-0.4, -0.2) is 99.1 Å². The van der Waals surface area contributed by atoms with E-state index in [4.69, 9.17) is 49.1 Å². The number of nitrogens with one attached hydrogen (secondary N) is 1. The summed E-state index contributed by atoms with van der Waals surface area (Å²) in [4.78, 5) is 36.2. The van der Waals surface area contributed by atoms with Crippen molar-refractivity contribution in [3.8, 4) is 0 Å². The van der Waals surface area contributed by atoms with Crippen LogP contribution in [0, 0.1) is 5.82 Å². The molecule has 5 atom stereocenters. The topological polar surface area (TPSA) is 221 Å². The molecule has 0 unspecified atom stereocenters. The van der Waals surface area contributed by atoms with Crippen molar-refractivity contribution in [1.82, 2.24) is 19.5 Å². The number of hydrogen-bond acceptors (Lipinski definition) is 17. The number of nitrogens with zero attached hydrogens (tertiary/aromatic N) is 4. The van der Waals surface area contributed by atoms with E-state index in [-0.39, 0.29) is 34.1 Å². The standard InChI is InChI=1S/C29H38ClFN5O13P/c1-15(2)47-28(39)43-12-45-50(41,46-13-44-29(40)48-16(3)4)14-42-10-20-22(37)23(38)26(49-20)36-11-32-21-24(34-27(30)35-25(21)36)33-17(5)18-6-8-19(31)9-7-18/h6-9,11,15-17,20,22-23,26,37-38H,10,12-14H2,1-5H3,(H,33,34,35)/t17-,20-,22-,23-,26-/m1/s1. The van der Waals surface area contributed by atoms with Crippen LogP contribution in [0.25, 0.3) is 11.2 Å². The first-order valence-electron chi connectivity index (χ1n) is 15.2. The largest absolute Gasteiger partial charge is 0.510 e. The Kier molecular flexibility index (Phi) is 13.7. The van der Waals surface area contributed by atoms with Gasteiger partial charge in [-0.05, 0) is 63.9 Å². The number of imidazole rings is 1. The van der Waals surface area contributed by atoms with E-state index in [0.717, 1.165) is 5.56 Å². The summed E-state index contributed by atoms with van der Waals surface area (Å²) in [5, 5.41) is 24.7. The van der Waals surface area contributed by atoms with Crippen molar-refractivity contribution >= 4 is 48.5 Å². The van der Waals surface area contributed by atoms with Crippen LogP contribution in [0.15, 0.2) is 30.6 Å². The predicted molar refractivity (Wildman–Crippen MR) is 170 cm³/mol. The van der Waals surface area contributed by atoms with Crippen LogP contribution in [0.4, 0.5) is 19.8 Å². The highest BCUT2D eigenvalue weighted by Gasteiger charge is 2.45. The number of benzene rings is 1. The van der Waals surface area contributed by atoms with Crippen molar-refractivity contribution in [2.24, 2.45) is 0 Å². The molecule has 21 heteroatoms. The minimum atomic E-state index is -4.30. The number of carbonyl (C=O) groups excluding carboxylic acids is 2. The van der Waals surface area contributed by atoms with Crippen LogP contribution in [0.2, 0.25) is 5.28 Å². The van der Waals surface area contributed by atoms with Gasteiger partial charge in [0.15, 0.2) is 23.2 Å². The lowest BCUT2D eigenvalue weighted by molar-refractivity contribution is -0.0653. The normalized spacial score (nSPS) is 19.9. The Bertz CT molecular complexity index is 1620. The molecule has 4 rings (SSSR count). The molecule has 0 amide bonds. The van der Waals surface area contributed by atoms with Crippen LogP contribution in [-0.2, 0) is 42.0 Å². The molecular weight excluding hydrogens is 712 g/mol. The SMILES string of the molecule is CC(C)OC(=O)OCOP(=O)(COC[C@H]1O[C@@H](n2cnc3c(N[C@H](C)c4ccc(F)cc4)nc(Cl)nc32)[C@H](O)[C@@H]1O)OCOC(=O)OC(C)C. The van der Waals surface area contributed by atoms with E-state index in [1.807, 2.05) is 6.92 Å². The summed E-state index contributed by atoms with van der Waals surface area (Å²) < 4.78 is 68.7. The number of halogens is 2. The third-order valence-electron chi connectivity index (χ3n) is 6.78. The number of ether oxygens (including phenoxy) is 6. The number of hydrogen-bond donors (Lipinski definition) is 3. The van der Waals surface area contributed by atoms with E-state index in [2.05, 4.69) is 20.3 Å². The van der Waals surface area contributed by atoms with Gasteiger partial charge in [-0.25, -0.2) is 19.0 Å². The molecule has 3 N–H and O–H groups in total. The van der Waals surface area contributed by atoms with E-state index in [1.165, 1.54) is 23.0 Å². The first kappa shape index (κ1) is 39.1. The number of aliphatic hydroxyl groups is 2. The Morgan fingerprint density at radius 1 is 1.00 bits per heavy atom. The van der Waals surface area contributed by atoms with Crippen molar-refractivity contribution in [2.75, 3.05) is 31.9 Å². The zero-order valence-corrected chi connectivity index (χ0v) is 29.3. The first-order valence-corrected chi connectivity index (χ1v) is 17.3. The van der Waals surface area contributed by atoms with Crippen LogP contribution < -0.4 is 5.32 Å². The van der Waals surface area contributed by atoms with Gasteiger partial charge >= 0.3 is 19.9 Å². The lowest BCUT2D eigenvalue weighted by Crippen LogP contribution is -2.34. The summed E-state index contributed by atoms with van der Waals surface area (Å²) in [5.41, 5.74) is 1.19. The van der Waals surface area contributed by atoms with Gasteiger partial charge in [-0.1, -0.05) is 12.1 Å². The van der Waals surface area contributed by atoms with Gasteiger partial charge in [0.05, 0.1) is 31.2 Å². The molecule has 3 heterocycles. The average Bonchev–Trinajstić information content (AvgIpc) is 3.56. The maximum Gasteiger partial charge on any atom is 0.510 e. The number of aromatic nitrogens is 4. The predicted octanol–water partition coefficient (Wildman–Crippen LogP) is 4.65. The molecule has 1 aromatic carbocycles. The van der Waals surface area contributed by atoms with E-state index in [0.29, 0.717) is 0 Å². The fourth-order valence-corrected chi connectivity index (χ4v) is 5.61. The molecule has 1 aliphatic rings. The van der Waals surface area contributed by atoms with Crippen LogP contribution in [0.5, 0.6) is 0 Å². The van der Waals surface area contributed by atoms with Crippen LogP contribution in [0.1, 0.15) is 52.5 Å². The number of rotatable bonds is 16. The molecule has 0 spiro atoms. The van der Waals surface area contributed by atoms with E-state index in [1.54, 1.807) is 39.8 Å². The van der Waals surface area contributed by atoms with Gasteiger partial charge in [-0.15, -0.1) is 0 Å². The third kappa shape index (κ3) is 10.7. The van der Waals surface area contributed by atoms with Gasteiger partial charge in [0.1, 0.15) is 30.5 Å². The van der Waals surface area contributed by atoms with E-state index >= 15 is 0 Å². The Labute approximate surface area is 290 Å². The lowest BCUT2D eigenvalue weighted by Gasteiger charge is -2.20. The molecule has 1 fully saturated rings. The van der Waals surface area contributed by atoms with Gasteiger partial charge in [0.25, 0.3) is 0 Å². The minimum Gasteiger partial charge on any atom is -0.432 e. The molecule has 1 aliphatic heterocycles. The molecule has 2 aromatic heterocycles. The van der Waals surface area contributed by atoms with Gasteiger partial charge in [-0.3, -0.25) is 18.2 Å². The molecule has 3 aromatic rings. The Balaban J connectivity index is 1.41. The summed E-state index contributed by atoms with van der Waals surface area (Å²) in [5.74, 6) is -0.128. The Morgan fingerprint density at radius 2 is 1.60 bits per heavy atom. The summed E-state index contributed by atoms with van der Waals surface area (Å²) >= 11 is 6.22. The second-order valence-corrected chi connectivity index (χ2v) is 13.7. The molecule has 276 valence electrons. The number of carbonyl (C=O) groups is 2. The lowest BCUT2D eigenvalue weighted by atomic mass is 10.1. The average molecular weight is 750 g/mol. The van der Waals surface area contributed by atoms with Crippen molar-refractivity contribution in [3.05, 3.63) is 47.3 Å². The maximum atomic E-state index is 13.4. The smallest absolute Gasteiger partial charge is 0.432 e. The fraction of sp³-hybridized carbons (Fsp3) is 0.552. The second kappa shape index (κ2) is 17.5. The zero-order valence-electron chi connectivity index (χ0n) is 27.6. The van der Waals surface area contributed by atoms with Gasteiger partial charge in [0, 0.05) is 0 Å². The van der Waals surface area contributed by atoms with E-state index < -0.39 is 83.2 Å². The quantitative estimate of drug-likeness (QED) is 0.0785. The van der Waals surface area contributed by atoms with Gasteiger partial charge in [-0.2, -0.15) is 9.97 Å². The van der Waals surface area contributed by atoms with Crippen molar-refractivity contribution in [3.63, 3.8) is 0 Å². The highest BCUT2D eigenvalue weighted by molar-refractivity contribution is 7.53. The molecule has 0 bridgehead atoms. The number of aliphatic hydroxyl groups excluding tert-OH is 2. The molecule has 18 nitrogen and oxygen atoms in total. The van der Waals surface area contributed by atoms with Gasteiger partial charge in [0.2, 0.25) is 18.9 Å². The highest BCUT2D eigenvalue weighted by atomic mass is 35.5. The monoisotopic (exact) mass is 749 g/mol. The van der Waals surface area contributed by atoms with Crippen molar-refractivity contribution < 1.29 is 66.2 Å². The second-order valence-electron chi connectivity index (χ2n) is 11.4. The van der Waals surface area contributed by atoms with Crippen LogP contribution >= 0.6 is 19.2 Å². The summed E-state index contributed by atoms with van der Waals surface area (Å²) in [7, 11) is -4.30. The molecule has 0 radical (unpaired) electrons. The third-order valence-corrected chi connectivity index (χ3v) is 8.44. The summed E-state index contributed by atoms with van der Waals surface area (Å²) in [6, 6.07) is 5.55. The maximum absolute atomic E-state index is 13.4. The van der Waals surface area contributed by atoms with E-state index in [9.17, 15) is 28.8 Å². The van der Waals surface area contributed by atoms with Crippen molar-refractivity contribution in [1.29, 1.82) is 0 Å². The molecule has 50 heavy (non-hydrogen) atoms. The fourth-order valence-electron chi connectivity index (χ4n) is 4.47. The van der Waals surface area contributed by atoms with Gasteiger partial charge < -0.3 is 44.0 Å².